The van der Waals surface area contributed by atoms with Crippen molar-refractivity contribution in [3.05, 3.63) is 48.6 Å². The van der Waals surface area contributed by atoms with Gasteiger partial charge in [-0.3, -0.25) is 9.59 Å². The minimum atomic E-state index is -1.41. The van der Waals surface area contributed by atoms with E-state index in [0.29, 0.717) is 5.39 Å². The SMILES string of the molecule is CON=C(C(=O)NC1C(=O)N2CC(C[n+]3cc(O)c4ccccc4c3)(C(=O)[O-])CS[C@H]12)c1coc(N)n1. The van der Waals surface area contributed by atoms with Gasteiger partial charge in [0.25, 0.3) is 11.9 Å². The number of nitrogens with zero attached hydrogens (tertiary/aromatic N) is 4. The van der Waals surface area contributed by atoms with Crippen molar-refractivity contribution in [2.75, 3.05) is 25.1 Å². The molecule has 5 rings (SSSR count). The zero-order valence-corrected chi connectivity index (χ0v) is 20.3. The van der Waals surface area contributed by atoms with Crippen molar-refractivity contribution in [3.8, 4) is 5.75 Å². The second kappa shape index (κ2) is 9.28. The fourth-order valence-corrected chi connectivity index (χ4v) is 6.06. The Morgan fingerprint density at radius 3 is 2.92 bits per heavy atom. The van der Waals surface area contributed by atoms with Gasteiger partial charge in [-0.25, -0.2) is 4.57 Å². The van der Waals surface area contributed by atoms with Crippen LogP contribution in [0, 0.1) is 5.41 Å². The second-order valence-electron chi connectivity index (χ2n) is 8.78. The molecule has 2 aliphatic rings. The first-order valence-electron chi connectivity index (χ1n) is 11.1. The maximum absolute atomic E-state index is 13.0. The Morgan fingerprint density at radius 2 is 2.22 bits per heavy atom. The van der Waals surface area contributed by atoms with Crippen LogP contribution in [0.25, 0.3) is 10.8 Å². The fourth-order valence-electron chi connectivity index (χ4n) is 4.54. The number of nitrogen functional groups attached to an aromatic ring is 1. The van der Waals surface area contributed by atoms with Gasteiger partial charge in [0, 0.05) is 23.1 Å². The molecule has 0 aliphatic carbocycles. The molecule has 2 aliphatic heterocycles. The highest BCUT2D eigenvalue weighted by atomic mass is 32.2. The van der Waals surface area contributed by atoms with Gasteiger partial charge in [0.2, 0.25) is 12.1 Å². The molecule has 0 spiro atoms. The maximum Gasteiger partial charge on any atom is 0.292 e. The molecule has 2 fully saturated rings. The van der Waals surface area contributed by atoms with Crippen LogP contribution in [0.15, 0.2) is 52.5 Å². The van der Waals surface area contributed by atoms with E-state index in [9.17, 15) is 24.6 Å². The Balaban J connectivity index is 1.32. The lowest BCUT2D eigenvalue weighted by Crippen LogP contribution is -2.75. The number of carbonyl (C=O) groups excluding carboxylic acids is 3. The lowest BCUT2D eigenvalue weighted by Gasteiger charge is -2.54. The molecule has 0 radical (unpaired) electrons. The van der Waals surface area contributed by atoms with E-state index in [1.54, 1.807) is 22.9 Å². The summed E-state index contributed by atoms with van der Waals surface area (Å²) < 4.78 is 6.50. The molecule has 4 heterocycles. The van der Waals surface area contributed by atoms with Crippen LogP contribution in [-0.2, 0) is 25.8 Å². The van der Waals surface area contributed by atoms with Crippen molar-refractivity contribution < 1.29 is 38.4 Å². The number of aliphatic carboxylic acids is 1. The number of thioether (sulfide) groups is 1. The van der Waals surface area contributed by atoms with E-state index < -0.39 is 34.6 Å². The topological polar surface area (TPSA) is 187 Å². The first-order valence-corrected chi connectivity index (χ1v) is 12.1. The summed E-state index contributed by atoms with van der Waals surface area (Å²) in [6.45, 7) is -0.135. The molecule has 37 heavy (non-hydrogen) atoms. The number of pyridine rings is 1. The molecule has 2 aromatic heterocycles. The van der Waals surface area contributed by atoms with Crippen LogP contribution >= 0.6 is 11.8 Å². The molecule has 192 valence electrons. The van der Waals surface area contributed by atoms with Crippen LogP contribution in [-0.4, -0.2) is 69.3 Å². The number of carboxylic acids is 1. The zero-order chi connectivity index (χ0) is 26.3. The number of fused-ring (bicyclic) bond motifs is 2. The number of carbonyl (C=O) groups is 3. The zero-order valence-electron chi connectivity index (χ0n) is 19.5. The van der Waals surface area contributed by atoms with Gasteiger partial charge in [-0.15, -0.1) is 11.8 Å². The third kappa shape index (κ3) is 4.28. The molecule has 2 amide bonds. The normalized spacial score (nSPS) is 23.3. The first kappa shape index (κ1) is 24.4. The number of aromatic nitrogens is 2. The number of amides is 2. The van der Waals surface area contributed by atoms with Crippen LogP contribution in [0.1, 0.15) is 5.69 Å². The van der Waals surface area contributed by atoms with E-state index in [0.717, 1.165) is 11.6 Å². The molecule has 14 heteroatoms. The summed E-state index contributed by atoms with van der Waals surface area (Å²) in [5.41, 5.74) is 3.85. The maximum atomic E-state index is 13.0. The van der Waals surface area contributed by atoms with Gasteiger partial charge >= 0.3 is 0 Å². The summed E-state index contributed by atoms with van der Waals surface area (Å²) in [7, 11) is 1.25. The number of nitrogens with two attached hydrogens (primary N) is 1. The van der Waals surface area contributed by atoms with Crippen molar-refractivity contribution in [1.82, 2.24) is 15.2 Å². The molecule has 2 unspecified atom stereocenters. The van der Waals surface area contributed by atoms with Crippen LogP contribution in [0.3, 0.4) is 0 Å². The number of anilines is 1. The molecular weight excluding hydrogens is 504 g/mol. The molecule has 3 aromatic rings. The Labute approximate surface area is 213 Å². The third-order valence-electron chi connectivity index (χ3n) is 6.34. The number of aromatic hydroxyl groups is 1. The van der Waals surface area contributed by atoms with E-state index in [1.165, 1.54) is 30.0 Å². The number of nitrogens with one attached hydrogen (secondary N) is 1. The van der Waals surface area contributed by atoms with Gasteiger partial charge in [-0.05, 0) is 6.07 Å². The Morgan fingerprint density at radius 1 is 1.43 bits per heavy atom. The minimum absolute atomic E-state index is 0.0122. The van der Waals surface area contributed by atoms with Crippen LogP contribution in [0.5, 0.6) is 5.75 Å². The van der Waals surface area contributed by atoms with Crippen molar-refractivity contribution in [2.24, 2.45) is 10.6 Å². The van der Waals surface area contributed by atoms with Gasteiger partial charge in [-0.2, -0.15) is 4.98 Å². The number of benzene rings is 1. The van der Waals surface area contributed by atoms with Gasteiger partial charge in [0.1, 0.15) is 30.5 Å². The average Bonchev–Trinajstić information content (AvgIpc) is 3.31. The number of carboxylic acid groups (broad SMARTS) is 1. The summed E-state index contributed by atoms with van der Waals surface area (Å²) >= 11 is 1.22. The molecule has 13 nitrogen and oxygen atoms in total. The summed E-state index contributed by atoms with van der Waals surface area (Å²) in [4.78, 5) is 48.1. The lowest BCUT2D eigenvalue weighted by molar-refractivity contribution is -0.706. The fraction of sp³-hybridized carbons (Fsp3) is 0.304. The van der Waals surface area contributed by atoms with Gasteiger partial charge < -0.3 is 40.2 Å². The molecule has 3 atom stereocenters. The van der Waals surface area contributed by atoms with Crippen LogP contribution < -0.4 is 20.7 Å². The Bertz CT molecular complexity index is 1440. The summed E-state index contributed by atoms with van der Waals surface area (Å²) in [6.07, 6.45) is 4.33. The van der Waals surface area contributed by atoms with E-state index >= 15 is 0 Å². The number of hydrogen-bond acceptors (Lipinski definition) is 11. The van der Waals surface area contributed by atoms with Crippen LogP contribution in [0.4, 0.5) is 6.01 Å². The second-order valence-corrected chi connectivity index (χ2v) is 9.89. The highest BCUT2D eigenvalue weighted by Gasteiger charge is 2.57. The lowest BCUT2D eigenvalue weighted by atomic mass is 9.86. The quantitative estimate of drug-likeness (QED) is 0.143. The van der Waals surface area contributed by atoms with Gasteiger partial charge in [0.15, 0.2) is 24.2 Å². The summed E-state index contributed by atoms with van der Waals surface area (Å²) in [5.74, 6) is -2.35. The number of hydrogen-bond donors (Lipinski definition) is 3. The number of oxime groups is 1. The predicted octanol–water partition coefficient (Wildman–Crippen LogP) is -1.41. The summed E-state index contributed by atoms with van der Waals surface area (Å²) in [6, 6.07) is 6.11. The smallest absolute Gasteiger partial charge is 0.292 e. The molecule has 2 saturated heterocycles. The van der Waals surface area contributed by atoms with E-state index in [4.69, 9.17) is 15.0 Å². The Kier molecular flexibility index (Phi) is 6.11. The van der Waals surface area contributed by atoms with E-state index in [1.807, 2.05) is 12.1 Å². The molecular formula is C23H22N6O7S. The first-order chi connectivity index (χ1) is 17.7. The largest absolute Gasteiger partial charge is 0.549 e. The van der Waals surface area contributed by atoms with Crippen LogP contribution in [0.2, 0.25) is 0 Å². The van der Waals surface area contributed by atoms with Gasteiger partial charge in [-0.1, -0.05) is 23.4 Å². The van der Waals surface area contributed by atoms with Crippen molar-refractivity contribution in [3.63, 3.8) is 0 Å². The molecule has 0 bridgehead atoms. The van der Waals surface area contributed by atoms with Gasteiger partial charge in [0.05, 0.1) is 11.4 Å². The predicted molar refractivity (Wildman–Crippen MR) is 128 cm³/mol. The van der Waals surface area contributed by atoms with Crippen molar-refractivity contribution in [1.29, 1.82) is 0 Å². The monoisotopic (exact) mass is 526 g/mol. The number of β-lactam (4-membered cyclic amide) rings is 1. The van der Waals surface area contributed by atoms with E-state index in [-0.39, 0.29) is 42.0 Å². The Hall–Kier alpha value is -4.33. The third-order valence-corrected chi connectivity index (χ3v) is 7.93. The average molecular weight is 527 g/mol. The van der Waals surface area contributed by atoms with Crippen molar-refractivity contribution in [2.45, 2.75) is 18.0 Å². The molecule has 0 saturated carbocycles. The minimum Gasteiger partial charge on any atom is -0.549 e. The van der Waals surface area contributed by atoms with E-state index in [2.05, 4.69) is 15.5 Å². The summed E-state index contributed by atoms with van der Waals surface area (Å²) in [5, 5.41) is 29.9. The number of oxazole rings is 1. The molecule has 1 aromatic carbocycles. The van der Waals surface area contributed by atoms with Crippen molar-refractivity contribution >= 4 is 52.0 Å². The molecule has 4 N–H and O–H groups in total. The standard InChI is InChI=1S/C23H22N6O7S/c1-35-27-16(14-8-36-22(24)25-14)18(31)26-17-19(32)29-10-23(21(33)34,11-37-20(17)29)9-28-6-12-4-2-3-5-13(12)15(30)7-28/h2-8,17,20H,9-11H2,1H3,(H4-,24,25,26,30,31,33,34)/t17?,20-,23?/m1/s1. The number of rotatable bonds is 7. The highest BCUT2D eigenvalue weighted by Crippen LogP contribution is 2.42. The highest BCUT2D eigenvalue weighted by molar-refractivity contribution is 8.00.